The van der Waals surface area contributed by atoms with Crippen molar-refractivity contribution < 1.29 is 22.7 Å². The van der Waals surface area contributed by atoms with Crippen LogP contribution in [0.5, 0.6) is 11.5 Å². The Kier molecular flexibility index (Phi) is 5.91. The Morgan fingerprint density at radius 2 is 2.14 bits per heavy atom. The minimum atomic E-state index is -3.28. The summed E-state index contributed by atoms with van der Waals surface area (Å²) >= 11 is 0. The Morgan fingerprint density at radius 1 is 1.39 bits per heavy atom. The van der Waals surface area contributed by atoms with Gasteiger partial charge in [-0.3, -0.25) is 4.79 Å². The minimum absolute atomic E-state index is 0.0602. The third-order valence-corrected chi connectivity index (χ3v) is 7.36. The van der Waals surface area contributed by atoms with E-state index in [1.54, 1.807) is 14.0 Å². The highest BCUT2D eigenvalue weighted by Crippen LogP contribution is 2.41. The highest BCUT2D eigenvalue weighted by Gasteiger charge is 2.37. The number of carbonyl (C=O) groups is 1. The summed E-state index contributed by atoms with van der Waals surface area (Å²) in [6.07, 6.45) is 2.04. The Bertz CT molecular complexity index is 837. The van der Waals surface area contributed by atoms with Gasteiger partial charge in [-0.1, -0.05) is 0 Å². The van der Waals surface area contributed by atoms with Gasteiger partial charge in [0.15, 0.2) is 0 Å². The first-order valence-corrected chi connectivity index (χ1v) is 11.4. The zero-order chi connectivity index (χ0) is 20.5. The van der Waals surface area contributed by atoms with Crippen LogP contribution in [-0.4, -0.2) is 50.2 Å². The lowest BCUT2D eigenvalue weighted by atomic mass is 9.88. The lowest BCUT2D eigenvalue weighted by Crippen LogP contribution is -2.48. The number of hydrogen-bond acceptors (Lipinski definition) is 5. The summed E-state index contributed by atoms with van der Waals surface area (Å²) in [6.45, 7) is 6.36. The summed E-state index contributed by atoms with van der Waals surface area (Å²) in [6, 6.07) is 5.43. The molecule has 1 saturated heterocycles. The Balaban J connectivity index is 1.77. The molecule has 8 heteroatoms. The fourth-order valence-corrected chi connectivity index (χ4v) is 5.15. The summed E-state index contributed by atoms with van der Waals surface area (Å²) in [5, 5.41) is 3.15. The van der Waals surface area contributed by atoms with Gasteiger partial charge in [0, 0.05) is 31.1 Å². The van der Waals surface area contributed by atoms with Crippen LogP contribution >= 0.6 is 0 Å². The van der Waals surface area contributed by atoms with Gasteiger partial charge in [0.2, 0.25) is 15.9 Å². The third-order valence-electron chi connectivity index (χ3n) is 5.51. The maximum Gasteiger partial charge on any atom is 0.224 e. The van der Waals surface area contributed by atoms with Gasteiger partial charge in [0.25, 0.3) is 0 Å². The van der Waals surface area contributed by atoms with Crippen molar-refractivity contribution in [1.82, 2.24) is 9.62 Å². The van der Waals surface area contributed by atoms with Crippen LogP contribution in [0, 0.1) is 5.92 Å². The molecule has 0 spiro atoms. The number of sulfonamides is 1. The number of piperidine rings is 1. The van der Waals surface area contributed by atoms with Gasteiger partial charge in [-0.25, -0.2) is 12.7 Å². The fourth-order valence-electron chi connectivity index (χ4n) is 3.97. The molecule has 1 N–H and O–H groups in total. The van der Waals surface area contributed by atoms with Crippen LogP contribution in [-0.2, 0) is 14.8 Å². The molecule has 2 heterocycles. The van der Waals surface area contributed by atoms with Crippen LogP contribution in [0.15, 0.2) is 18.2 Å². The second-order valence-corrected chi connectivity index (χ2v) is 10.4. The molecule has 1 fully saturated rings. The zero-order valence-corrected chi connectivity index (χ0v) is 17.8. The first-order chi connectivity index (χ1) is 13.1. The number of fused-ring (bicyclic) bond motifs is 1. The van der Waals surface area contributed by atoms with Crippen molar-refractivity contribution in [1.29, 1.82) is 0 Å². The van der Waals surface area contributed by atoms with E-state index in [-0.39, 0.29) is 30.2 Å². The van der Waals surface area contributed by atoms with Crippen molar-refractivity contribution in [2.45, 2.75) is 51.7 Å². The van der Waals surface area contributed by atoms with Gasteiger partial charge in [0.1, 0.15) is 17.1 Å². The number of benzene rings is 1. The number of carbonyl (C=O) groups excluding carboxylic acids is 1. The van der Waals surface area contributed by atoms with Gasteiger partial charge < -0.3 is 14.8 Å². The summed E-state index contributed by atoms with van der Waals surface area (Å²) in [7, 11) is -1.67. The molecule has 156 valence electrons. The van der Waals surface area contributed by atoms with E-state index in [9.17, 15) is 13.2 Å². The summed E-state index contributed by atoms with van der Waals surface area (Å²) in [5.74, 6) is 1.04. The van der Waals surface area contributed by atoms with Crippen molar-refractivity contribution in [3.05, 3.63) is 23.8 Å². The normalized spacial score (nSPS) is 24.7. The van der Waals surface area contributed by atoms with E-state index in [1.807, 2.05) is 32.0 Å². The minimum Gasteiger partial charge on any atom is -0.497 e. The first kappa shape index (κ1) is 20.9. The lowest BCUT2D eigenvalue weighted by Gasteiger charge is -2.39. The predicted octanol–water partition coefficient (Wildman–Crippen LogP) is 2.48. The van der Waals surface area contributed by atoms with Crippen LogP contribution in [0.2, 0.25) is 0 Å². The molecule has 0 saturated carbocycles. The number of ether oxygens (including phenoxy) is 2. The maximum atomic E-state index is 13.0. The summed E-state index contributed by atoms with van der Waals surface area (Å²) in [5.41, 5.74) is 0.490. The monoisotopic (exact) mass is 410 g/mol. The van der Waals surface area contributed by atoms with Crippen molar-refractivity contribution in [3.63, 3.8) is 0 Å². The number of rotatable bonds is 5. The standard InChI is InChI=1S/C20H30N2O5S/c1-5-28(24,25)22-10-6-7-14(13-22)19(23)21-17-12-20(2,3)27-18-11-15(26-4)8-9-16(17)18/h8-9,11,14,17H,5-7,10,12-13H2,1-4H3,(H,21,23)/t14-,17+/m1/s1. The second kappa shape index (κ2) is 7.91. The number of hydrogen-bond donors (Lipinski definition) is 1. The molecule has 2 aliphatic rings. The van der Waals surface area contributed by atoms with E-state index in [1.165, 1.54) is 4.31 Å². The average Bonchev–Trinajstić information content (AvgIpc) is 2.66. The molecule has 2 aliphatic heterocycles. The molecule has 1 amide bonds. The SMILES string of the molecule is CCS(=O)(=O)N1CCC[C@@H](C(=O)N[C@H]2CC(C)(C)Oc3cc(OC)ccc32)C1. The van der Waals surface area contributed by atoms with Crippen LogP contribution in [0.25, 0.3) is 0 Å². The van der Waals surface area contributed by atoms with E-state index in [2.05, 4.69) is 5.32 Å². The predicted molar refractivity (Wildman–Crippen MR) is 107 cm³/mol. The maximum absolute atomic E-state index is 13.0. The van der Waals surface area contributed by atoms with E-state index in [4.69, 9.17) is 9.47 Å². The number of methoxy groups -OCH3 is 1. The first-order valence-electron chi connectivity index (χ1n) is 9.80. The van der Waals surface area contributed by atoms with Crippen molar-refractivity contribution in [3.8, 4) is 11.5 Å². The van der Waals surface area contributed by atoms with Gasteiger partial charge in [0.05, 0.1) is 24.8 Å². The van der Waals surface area contributed by atoms with Gasteiger partial charge in [-0.15, -0.1) is 0 Å². The van der Waals surface area contributed by atoms with E-state index >= 15 is 0 Å². The van der Waals surface area contributed by atoms with Crippen LogP contribution in [0.1, 0.15) is 51.6 Å². The average molecular weight is 411 g/mol. The Morgan fingerprint density at radius 3 is 2.82 bits per heavy atom. The zero-order valence-electron chi connectivity index (χ0n) is 17.0. The van der Waals surface area contributed by atoms with E-state index in [0.29, 0.717) is 37.3 Å². The van der Waals surface area contributed by atoms with Crippen molar-refractivity contribution in [2.24, 2.45) is 5.92 Å². The smallest absolute Gasteiger partial charge is 0.224 e. The van der Waals surface area contributed by atoms with Crippen LogP contribution in [0.3, 0.4) is 0 Å². The topological polar surface area (TPSA) is 84.9 Å². The molecule has 28 heavy (non-hydrogen) atoms. The van der Waals surface area contributed by atoms with Crippen molar-refractivity contribution in [2.75, 3.05) is 26.0 Å². The van der Waals surface area contributed by atoms with Crippen LogP contribution in [0.4, 0.5) is 0 Å². The molecule has 0 radical (unpaired) electrons. The lowest BCUT2D eigenvalue weighted by molar-refractivity contribution is -0.127. The van der Waals surface area contributed by atoms with Gasteiger partial charge in [-0.2, -0.15) is 0 Å². The molecule has 0 bridgehead atoms. The molecule has 0 unspecified atom stereocenters. The van der Waals surface area contributed by atoms with Crippen molar-refractivity contribution >= 4 is 15.9 Å². The van der Waals surface area contributed by atoms with E-state index < -0.39 is 15.6 Å². The van der Waals surface area contributed by atoms with Crippen LogP contribution < -0.4 is 14.8 Å². The molecule has 0 aromatic heterocycles. The highest BCUT2D eigenvalue weighted by atomic mass is 32.2. The molecule has 7 nitrogen and oxygen atoms in total. The summed E-state index contributed by atoms with van der Waals surface area (Å²) < 4.78 is 37.2. The number of nitrogens with zero attached hydrogens (tertiary/aromatic N) is 1. The largest absolute Gasteiger partial charge is 0.497 e. The van der Waals surface area contributed by atoms with Gasteiger partial charge >= 0.3 is 0 Å². The van der Waals surface area contributed by atoms with Gasteiger partial charge in [-0.05, 0) is 45.7 Å². The molecular formula is C20H30N2O5S. The number of nitrogens with one attached hydrogen (secondary N) is 1. The molecule has 2 atom stereocenters. The quantitative estimate of drug-likeness (QED) is 0.806. The Labute approximate surface area is 167 Å². The summed E-state index contributed by atoms with van der Waals surface area (Å²) in [4.78, 5) is 13.0. The number of amides is 1. The molecule has 1 aromatic carbocycles. The fraction of sp³-hybridized carbons (Fsp3) is 0.650. The Hall–Kier alpha value is -1.80. The molecular weight excluding hydrogens is 380 g/mol. The second-order valence-electron chi connectivity index (χ2n) is 8.13. The third kappa shape index (κ3) is 4.43. The molecule has 3 rings (SSSR count). The molecule has 0 aliphatic carbocycles. The molecule has 1 aromatic rings. The highest BCUT2D eigenvalue weighted by molar-refractivity contribution is 7.89. The van der Waals surface area contributed by atoms with E-state index in [0.717, 1.165) is 5.56 Å².